The highest BCUT2D eigenvalue weighted by molar-refractivity contribution is 6.30. The minimum Gasteiger partial charge on any atom is -0.368 e. The summed E-state index contributed by atoms with van der Waals surface area (Å²) in [4.78, 5) is 4.74. The van der Waals surface area contributed by atoms with Crippen LogP contribution in [-0.2, 0) is 0 Å². The number of para-hydroxylation sites is 1. The lowest BCUT2D eigenvalue weighted by Crippen LogP contribution is -2.46. The van der Waals surface area contributed by atoms with Crippen molar-refractivity contribution >= 4 is 23.0 Å². The number of anilines is 2. The summed E-state index contributed by atoms with van der Waals surface area (Å²) in [5, 5.41) is 5.42. The topological polar surface area (TPSA) is 24.3 Å². The fourth-order valence-electron chi connectivity index (χ4n) is 3.26. The van der Waals surface area contributed by atoms with Crippen LogP contribution in [0.15, 0.2) is 54.6 Å². The number of aryl methyl sites for hydroxylation is 1. The standard InChI is InChI=1S/C20H20ClN4/c1-16-20(15-25(22-16)18-7-3-2-4-8-18)24-12-10-23(11-13-24)19-9-5-6-17(21)14-19/h2-9,14H,10-13H2,1H3. The average molecular weight is 352 g/mol. The smallest absolute Gasteiger partial charge is 0.118 e. The van der Waals surface area contributed by atoms with Crippen molar-refractivity contribution in [3.63, 3.8) is 0 Å². The molecule has 1 radical (unpaired) electrons. The summed E-state index contributed by atoms with van der Waals surface area (Å²) >= 11 is 6.12. The van der Waals surface area contributed by atoms with Crippen molar-refractivity contribution in [2.45, 2.75) is 6.92 Å². The third-order valence-corrected chi connectivity index (χ3v) is 4.81. The molecule has 5 heteroatoms. The van der Waals surface area contributed by atoms with E-state index >= 15 is 0 Å². The second-order valence-electron chi connectivity index (χ2n) is 6.25. The first-order valence-corrected chi connectivity index (χ1v) is 8.88. The highest BCUT2D eigenvalue weighted by Crippen LogP contribution is 2.25. The van der Waals surface area contributed by atoms with Crippen LogP contribution in [0.4, 0.5) is 11.4 Å². The lowest BCUT2D eigenvalue weighted by atomic mass is 10.2. The van der Waals surface area contributed by atoms with Crippen LogP contribution in [0.25, 0.3) is 5.69 Å². The molecule has 1 saturated heterocycles. The molecule has 1 aliphatic rings. The predicted octanol–water partition coefficient (Wildman–Crippen LogP) is 3.96. The van der Waals surface area contributed by atoms with Gasteiger partial charge in [0.25, 0.3) is 0 Å². The Hall–Kier alpha value is -2.46. The average Bonchev–Trinajstić information content (AvgIpc) is 3.04. The summed E-state index contributed by atoms with van der Waals surface area (Å²) in [5.74, 6) is 0. The van der Waals surface area contributed by atoms with Crippen molar-refractivity contribution in [2.75, 3.05) is 36.0 Å². The Morgan fingerprint density at radius 3 is 2.28 bits per heavy atom. The molecule has 1 fully saturated rings. The van der Waals surface area contributed by atoms with Crippen molar-refractivity contribution in [3.8, 4) is 5.69 Å². The second-order valence-corrected chi connectivity index (χ2v) is 6.68. The fourth-order valence-corrected chi connectivity index (χ4v) is 3.44. The minimum absolute atomic E-state index is 0.785. The number of hydrogen-bond donors (Lipinski definition) is 0. The van der Waals surface area contributed by atoms with E-state index in [0.717, 1.165) is 48.3 Å². The first-order valence-electron chi connectivity index (χ1n) is 8.50. The van der Waals surface area contributed by atoms with Crippen LogP contribution >= 0.6 is 11.6 Å². The lowest BCUT2D eigenvalue weighted by molar-refractivity contribution is 0.652. The molecule has 4 rings (SSSR count). The number of halogens is 1. The quantitative estimate of drug-likeness (QED) is 0.713. The van der Waals surface area contributed by atoms with Gasteiger partial charge in [-0.2, -0.15) is 5.10 Å². The summed E-state index contributed by atoms with van der Waals surface area (Å²) in [6, 6.07) is 18.2. The molecule has 0 amide bonds. The maximum atomic E-state index is 6.12. The SMILES string of the molecule is Cc1nn(-c2ccccc2)[c]c1N1CCN(c2cccc(Cl)c2)CC1. The number of hydrogen-bond acceptors (Lipinski definition) is 3. The Labute approximate surface area is 153 Å². The van der Waals surface area contributed by atoms with Gasteiger partial charge < -0.3 is 9.80 Å². The molecule has 1 aliphatic heterocycles. The Morgan fingerprint density at radius 2 is 1.56 bits per heavy atom. The van der Waals surface area contributed by atoms with Crippen LogP contribution in [0.3, 0.4) is 0 Å². The summed E-state index contributed by atoms with van der Waals surface area (Å²) in [6.07, 6.45) is 3.42. The molecule has 2 heterocycles. The zero-order chi connectivity index (χ0) is 17.2. The Kier molecular flexibility index (Phi) is 4.36. The first kappa shape index (κ1) is 16.0. The van der Waals surface area contributed by atoms with E-state index in [1.165, 1.54) is 5.69 Å². The van der Waals surface area contributed by atoms with Gasteiger partial charge in [0.1, 0.15) is 6.20 Å². The van der Waals surface area contributed by atoms with Crippen molar-refractivity contribution in [3.05, 3.63) is 71.5 Å². The van der Waals surface area contributed by atoms with E-state index in [-0.39, 0.29) is 0 Å². The van der Waals surface area contributed by atoms with Crippen molar-refractivity contribution in [1.82, 2.24) is 9.78 Å². The third kappa shape index (κ3) is 3.35. The molecule has 25 heavy (non-hydrogen) atoms. The molecule has 1 aromatic heterocycles. The van der Waals surface area contributed by atoms with E-state index in [0.29, 0.717) is 0 Å². The van der Waals surface area contributed by atoms with E-state index in [1.807, 2.05) is 53.2 Å². The van der Waals surface area contributed by atoms with Gasteiger partial charge in [0.15, 0.2) is 0 Å². The summed E-state index contributed by atoms with van der Waals surface area (Å²) in [5.41, 5.74) is 4.33. The van der Waals surface area contributed by atoms with Crippen LogP contribution in [-0.4, -0.2) is 36.0 Å². The van der Waals surface area contributed by atoms with Crippen LogP contribution in [0.2, 0.25) is 5.02 Å². The van der Waals surface area contributed by atoms with Gasteiger partial charge in [-0.3, -0.25) is 0 Å². The molecule has 3 aromatic rings. The first-order chi connectivity index (χ1) is 12.2. The number of rotatable bonds is 3. The fraction of sp³-hybridized carbons (Fsp3) is 0.250. The summed E-state index contributed by atoms with van der Waals surface area (Å²) in [6.45, 7) is 5.87. The molecule has 0 atom stereocenters. The molecule has 0 unspecified atom stereocenters. The number of piperazine rings is 1. The van der Waals surface area contributed by atoms with Crippen LogP contribution < -0.4 is 9.80 Å². The van der Waals surface area contributed by atoms with Crippen molar-refractivity contribution in [2.24, 2.45) is 0 Å². The Morgan fingerprint density at radius 1 is 0.880 bits per heavy atom. The highest BCUT2D eigenvalue weighted by Gasteiger charge is 2.21. The Bertz CT molecular complexity index is 851. The molecule has 2 aromatic carbocycles. The highest BCUT2D eigenvalue weighted by atomic mass is 35.5. The number of benzene rings is 2. The van der Waals surface area contributed by atoms with E-state index < -0.39 is 0 Å². The maximum absolute atomic E-state index is 6.12. The molecule has 0 N–H and O–H groups in total. The van der Waals surface area contributed by atoms with Gasteiger partial charge in [-0.15, -0.1) is 0 Å². The van der Waals surface area contributed by atoms with Gasteiger partial charge in [-0.05, 0) is 37.3 Å². The van der Waals surface area contributed by atoms with Crippen molar-refractivity contribution in [1.29, 1.82) is 0 Å². The molecular weight excluding hydrogens is 332 g/mol. The zero-order valence-electron chi connectivity index (χ0n) is 14.2. The van der Waals surface area contributed by atoms with Gasteiger partial charge in [0.2, 0.25) is 0 Å². The minimum atomic E-state index is 0.785. The van der Waals surface area contributed by atoms with E-state index in [2.05, 4.69) is 34.1 Å². The second kappa shape index (κ2) is 6.81. The molecular formula is C20H20ClN4. The number of aromatic nitrogens is 2. The van der Waals surface area contributed by atoms with Crippen LogP contribution in [0, 0.1) is 13.1 Å². The molecule has 127 valence electrons. The van der Waals surface area contributed by atoms with Gasteiger partial charge in [0.05, 0.1) is 17.1 Å². The van der Waals surface area contributed by atoms with E-state index in [1.54, 1.807) is 0 Å². The van der Waals surface area contributed by atoms with Gasteiger partial charge in [0, 0.05) is 36.9 Å². The predicted molar refractivity (Wildman–Crippen MR) is 103 cm³/mol. The molecule has 4 nitrogen and oxygen atoms in total. The van der Waals surface area contributed by atoms with Gasteiger partial charge in [-0.1, -0.05) is 35.9 Å². The molecule has 0 aliphatic carbocycles. The summed E-state index contributed by atoms with van der Waals surface area (Å²) in [7, 11) is 0. The van der Waals surface area contributed by atoms with E-state index in [9.17, 15) is 0 Å². The number of nitrogens with zero attached hydrogens (tertiary/aromatic N) is 4. The van der Waals surface area contributed by atoms with Crippen LogP contribution in [0.1, 0.15) is 5.69 Å². The third-order valence-electron chi connectivity index (χ3n) is 4.57. The molecule has 0 saturated carbocycles. The van der Waals surface area contributed by atoms with Crippen molar-refractivity contribution < 1.29 is 0 Å². The lowest BCUT2D eigenvalue weighted by Gasteiger charge is -2.37. The van der Waals surface area contributed by atoms with Gasteiger partial charge in [-0.25, -0.2) is 4.68 Å². The molecule has 0 spiro atoms. The van der Waals surface area contributed by atoms with Crippen LogP contribution in [0.5, 0.6) is 0 Å². The largest absolute Gasteiger partial charge is 0.368 e. The zero-order valence-corrected chi connectivity index (χ0v) is 14.9. The van der Waals surface area contributed by atoms with E-state index in [4.69, 9.17) is 11.6 Å². The van der Waals surface area contributed by atoms with Gasteiger partial charge >= 0.3 is 0 Å². The monoisotopic (exact) mass is 351 g/mol. The summed E-state index contributed by atoms with van der Waals surface area (Å²) < 4.78 is 1.84. The molecule has 0 bridgehead atoms. The maximum Gasteiger partial charge on any atom is 0.118 e. The normalized spacial score (nSPS) is 14.8. The Balaban J connectivity index is 1.49.